The lowest BCUT2D eigenvalue weighted by Crippen LogP contribution is -2.25. The summed E-state index contributed by atoms with van der Waals surface area (Å²) in [6.07, 6.45) is -1.22. The Labute approximate surface area is 384 Å². The van der Waals surface area contributed by atoms with Gasteiger partial charge in [-0.3, -0.25) is 41.9 Å². The van der Waals surface area contributed by atoms with Crippen molar-refractivity contribution in [3.63, 3.8) is 0 Å². The molecule has 0 fully saturated rings. The number of carbonyl (C=O) groups is 3. The van der Waals surface area contributed by atoms with Crippen molar-refractivity contribution in [2.24, 2.45) is 0 Å². The lowest BCUT2D eigenvalue weighted by molar-refractivity contribution is 0.0979. The fraction of sp³-hybridized carbons (Fsp3) is 0.0769. The fourth-order valence-corrected chi connectivity index (χ4v) is 12.1. The average Bonchev–Trinajstić information content (AvgIpc) is 3.23. The van der Waals surface area contributed by atoms with Crippen molar-refractivity contribution in [1.82, 2.24) is 4.98 Å². The lowest BCUT2D eigenvalue weighted by Gasteiger charge is -2.26. The van der Waals surface area contributed by atoms with Gasteiger partial charge in [-0.1, -0.05) is 48.5 Å². The van der Waals surface area contributed by atoms with E-state index in [2.05, 4.69) is 10.3 Å². The van der Waals surface area contributed by atoms with Crippen molar-refractivity contribution in [3.8, 4) is 11.1 Å². The minimum Gasteiger partial charge on any atom is -0.353 e. The molecule has 0 bridgehead atoms. The summed E-state index contributed by atoms with van der Waals surface area (Å²) in [6, 6.07) is 13.4. The second-order valence-electron chi connectivity index (χ2n) is 14.7. The molecule has 1 aliphatic carbocycles. The quantitative estimate of drug-likeness (QED) is 0.0571. The van der Waals surface area contributed by atoms with Gasteiger partial charge in [-0.15, -0.1) is 0 Å². The predicted octanol–water partition coefficient (Wildman–Crippen LogP) is 3.38. The van der Waals surface area contributed by atoms with E-state index in [0.717, 1.165) is 48.5 Å². The highest BCUT2D eigenvalue weighted by molar-refractivity contribution is 7.91. The number of fused-ring (bicyclic) bond motifs is 2. The van der Waals surface area contributed by atoms with E-state index in [4.69, 9.17) is 0 Å². The Morgan fingerprint density at radius 1 is 0.544 bits per heavy atom. The largest absolute Gasteiger partial charge is 0.353 e. The first-order valence-corrected chi connectivity index (χ1v) is 27.4. The Bertz CT molecular complexity index is 3980. The molecule has 6 aromatic rings. The van der Waals surface area contributed by atoms with Crippen molar-refractivity contribution in [2.45, 2.75) is 42.2 Å². The van der Waals surface area contributed by atoms with E-state index in [1.807, 2.05) is 0 Å². The third-order valence-corrected chi connectivity index (χ3v) is 16.4. The molecule has 0 saturated carbocycles. The SMILES string of the molecule is O=C(CCCS(=O)(=O)c1cc(S(=O)(=O)O)c(Nc2cc(S(=O)(=O)O)c3[nH]c(=O)c(C(=O)c4cccc(S(=O)(=O)O)c4)c4c3c2C(=O)c2ccccc2-4)c(S(=O)(=O)O)c1)c1cccc(S(=O)(=O)O)c1. The van der Waals surface area contributed by atoms with Gasteiger partial charge in [0.1, 0.15) is 14.7 Å². The number of hydrogen-bond acceptors (Lipinski definition) is 17. The molecule has 0 saturated heterocycles. The maximum atomic E-state index is 14.5. The first kappa shape index (κ1) is 49.5. The topological polar surface area (TPSA) is 402 Å². The van der Waals surface area contributed by atoms with Crippen LogP contribution >= 0.6 is 0 Å². The predicted molar refractivity (Wildman–Crippen MR) is 234 cm³/mol. The summed E-state index contributed by atoms with van der Waals surface area (Å²) in [4.78, 5) is 50.3. The Morgan fingerprint density at radius 3 is 1.59 bits per heavy atom. The van der Waals surface area contributed by atoms with Gasteiger partial charge in [-0.05, 0) is 54.4 Å². The number of pyridine rings is 1. The second-order valence-corrected chi connectivity index (χ2v) is 23.8. The number of rotatable bonds is 15. The van der Waals surface area contributed by atoms with Gasteiger partial charge in [0, 0.05) is 34.1 Å². The molecule has 1 aromatic heterocycles. The van der Waals surface area contributed by atoms with Crippen LogP contribution < -0.4 is 10.9 Å². The van der Waals surface area contributed by atoms with Gasteiger partial charge in [0.2, 0.25) is 0 Å². The highest BCUT2D eigenvalue weighted by atomic mass is 32.2. The van der Waals surface area contributed by atoms with E-state index in [9.17, 15) is 92.4 Å². The zero-order chi connectivity index (χ0) is 50.3. The highest BCUT2D eigenvalue weighted by Gasteiger charge is 2.38. The molecule has 1 aliphatic rings. The van der Waals surface area contributed by atoms with Crippen LogP contribution in [0.15, 0.2) is 125 Å². The van der Waals surface area contributed by atoms with Crippen LogP contribution in [0.2, 0.25) is 0 Å². The minimum absolute atomic E-state index is 0.201. The van der Waals surface area contributed by atoms with Crippen molar-refractivity contribution in [3.05, 3.63) is 129 Å². The average molecular weight is 1050 g/mol. The maximum Gasteiger partial charge on any atom is 0.296 e. The molecule has 5 aromatic carbocycles. The van der Waals surface area contributed by atoms with Crippen LogP contribution in [0.25, 0.3) is 22.0 Å². The summed E-state index contributed by atoms with van der Waals surface area (Å²) in [5.74, 6) is -4.31. The van der Waals surface area contributed by atoms with E-state index in [1.54, 1.807) is 0 Å². The summed E-state index contributed by atoms with van der Waals surface area (Å²) in [5, 5.41) is 1.45. The molecule has 356 valence electrons. The van der Waals surface area contributed by atoms with Crippen LogP contribution in [-0.4, -0.2) is 101 Å². The molecule has 0 amide bonds. The van der Waals surface area contributed by atoms with Crippen LogP contribution in [0.5, 0.6) is 0 Å². The zero-order valence-corrected chi connectivity index (χ0v) is 38.4. The van der Waals surface area contributed by atoms with Crippen LogP contribution in [0.1, 0.15) is 55.0 Å². The Hall–Kier alpha value is -6.38. The first-order chi connectivity index (χ1) is 31.3. The Morgan fingerprint density at radius 2 is 1.06 bits per heavy atom. The van der Waals surface area contributed by atoms with Crippen LogP contribution in [-0.2, 0) is 60.4 Å². The number of aromatic amines is 1. The fourth-order valence-electron chi connectivity index (χ4n) is 7.37. The molecular weight excluding hydrogens is 1020 g/mol. The number of ketones is 3. The first-order valence-electron chi connectivity index (χ1n) is 18.5. The number of carbonyl (C=O) groups excluding carboxylic acids is 3. The van der Waals surface area contributed by atoms with Crippen LogP contribution in [0.3, 0.4) is 0 Å². The zero-order valence-electron chi connectivity index (χ0n) is 33.5. The molecule has 23 nitrogen and oxygen atoms in total. The smallest absolute Gasteiger partial charge is 0.296 e. The monoisotopic (exact) mass is 1050 g/mol. The number of sulfone groups is 1. The van der Waals surface area contributed by atoms with Crippen LogP contribution in [0.4, 0.5) is 11.4 Å². The van der Waals surface area contributed by atoms with Gasteiger partial charge in [0.25, 0.3) is 56.1 Å². The van der Waals surface area contributed by atoms with Gasteiger partial charge in [0.15, 0.2) is 27.2 Å². The standard InChI is InChI=1S/C39H28N2O21S6/c42-27(19-6-3-8-21(14-19)64(48,49)50)12-5-13-63(46,47)23-16-28(66(54,55)56)35(29(17-23)67(57,58)59)40-26-18-30(68(60,61)62)36-33-31(24-10-1-2-11-25(24)38(44)32(26)33)34(39(45)41-36)37(43)20-7-4-9-22(15-20)65(51,52)53/h1-4,6-11,14-18,40H,5,12-13H2,(H,41,45)(H,48,49,50)(H,51,52,53)(H,54,55,56)(H,57,58,59)(H,60,61,62). The molecule has 0 aliphatic heterocycles. The number of nitrogens with one attached hydrogen (secondary N) is 2. The molecule has 0 spiro atoms. The van der Waals surface area contributed by atoms with Gasteiger partial charge < -0.3 is 10.3 Å². The van der Waals surface area contributed by atoms with Crippen molar-refractivity contribution >= 4 is 100 Å². The summed E-state index contributed by atoms with van der Waals surface area (Å²) in [6.45, 7) is 0. The minimum atomic E-state index is -5.86. The molecule has 7 N–H and O–H groups in total. The maximum absolute atomic E-state index is 14.5. The molecule has 7 rings (SSSR count). The summed E-state index contributed by atoms with van der Waals surface area (Å²) in [7, 11) is -31.9. The lowest BCUT2D eigenvalue weighted by atomic mass is 9.80. The molecule has 0 atom stereocenters. The van der Waals surface area contributed by atoms with E-state index < -0.39 is 176 Å². The van der Waals surface area contributed by atoms with Gasteiger partial charge in [-0.25, -0.2) is 8.42 Å². The number of anilines is 2. The van der Waals surface area contributed by atoms with Gasteiger partial charge in [0.05, 0.1) is 48.5 Å². The molecule has 0 radical (unpaired) electrons. The number of H-pyrrole nitrogens is 1. The van der Waals surface area contributed by atoms with Crippen molar-refractivity contribution < 1.29 is 87.7 Å². The molecular formula is C39H28N2O21S6. The number of hydrogen-bond donors (Lipinski definition) is 7. The number of aromatic nitrogens is 1. The highest BCUT2D eigenvalue weighted by Crippen LogP contribution is 2.47. The summed E-state index contributed by atoms with van der Waals surface area (Å²) in [5.41, 5.74) is -8.34. The number of Topliss-reactive ketones (excluding diaryl/α,β-unsaturated/α-hetero) is 1. The Kier molecular flexibility index (Phi) is 12.4. The van der Waals surface area contributed by atoms with E-state index in [0.29, 0.717) is 12.1 Å². The third kappa shape index (κ3) is 9.40. The van der Waals surface area contributed by atoms with Crippen molar-refractivity contribution in [2.75, 3.05) is 11.1 Å². The van der Waals surface area contributed by atoms with E-state index in [1.165, 1.54) is 18.2 Å². The summed E-state index contributed by atoms with van der Waals surface area (Å²) >= 11 is 0. The normalized spacial score (nSPS) is 13.3. The van der Waals surface area contributed by atoms with Gasteiger partial charge >= 0.3 is 0 Å². The Balaban J connectivity index is 1.44. The molecule has 68 heavy (non-hydrogen) atoms. The third-order valence-electron chi connectivity index (χ3n) is 10.3. The number of benzene rings is 5. The van der Waals surface area contributed by atoms with E-state index >= 15 is 0 Å². The molecule has 29 heteroatoms. The molecule has 1 heterocycles. The van der Waals surface area contributed by atoms with Crippen molar-refractivity contribution in [1.29, 1.82) is 0 Å². The summed E-state index contributed by atoms with van der Waals surface area (Å²) < 4.78 is 203. The van der Waals surface area contributed by atoms with Gasteiger partial charge in [-0.2, -0.15) is 42.1 Å². The van der Waals surface area contributed by atoms with E-state index in [-0.39, 0.29) is 28.8 Å². The molecule has 0 unspecified atom stereocenters. The second kappa shape index (κ2) is 17.0. The van der Waals surface area contributed by atoms with Crippen LogP contribution in [0, 0.1) is 0 Å².